The number of ketones is 1. The Balaban J connectivity index is 1.65. The van der Waals surface area contributed by atoms with Gasteiger partial charge in [0.25, 0.3) is 0 Å². The SMILES string of the molecule is CCCc1cc2c(nc1N1C[C@@H]3[C@@H](N)[C@@H]3C1)N(c1ccc(F)cc1F)CC(C(=O)O)C2=O. The van der Waals surface area contributed by atoms with Crippen LogP contribution < -0.4 is 15.5 Å². The van der Waals surface area contributed by atoms with E-state index in [0.717, 1.165) is 43.0 Å². The van der Waals surface area contributed by atoms with E-state index in [1.165, 1.54) is 11.0 Å². The Bertz CT molecular complexity index is 1110. The third-order valence-corrected chi connectivity index (χ3v) is 6.84. The van der Waals surface area contributed by atoms with E-state index in [9.17, 15) is 23.5 Å². The molecule has 2 aliphatic heterocycles. The highest BCUT2D eigenvalue weighted by Crippen LogP contribution is 2.47. The number of hydrogen-bond acceptors (Lipinski definition) is 6. The van der Waals surface area contributed by atoms with E-state index in [-0.39, 0.29) is 29.7 Å². The number of fused-ring (bicyclic) bond motifs is 2. The Labute approximate surface area is 183 Å². The normalized spacial score (nSPS) is 26.2. The molecule has 1 unspecified atom stereocenters. The maximum atomic E-state index is 14.7. The van der Waals surface area contributed by atoms with Crippen LogP contribution >= 0.6 is 0 Å². The van der Waals surface area contributed by atoms with Crippen molar-refractivity contribution < 1.29 is 23.5 Å². The van der Waals surface area contributed by atoms with Gasteiger partial charge in [-0.05, 0) is 42.0 Å². The smallest absolute Gasteiger partial charge is 0.316 e. The predicted molar refractivity (Wildman–Crippen MR) is 114 cm³/mol. The molecule has 0 radical (unpaired) electrons. The lowest BCUT2D eigenvalue weighted by Crippen LogP contribution is -2.42. The lowest BCUT2D eigenvalue weighted by Gasteiger charge is -2.34. The minimum Gasteiger partial charge on any atom is -0.481 e. The highest BCUT2D eigenvalue weighted by molar-refractivity contribution is 6.13. The van der Waals surface area contributed by atoms with Gasteiger partial charge in [0, 0.05) is 31.7 Å². The molecule has 3 heterocycles. The summed E-state index contributed by atoms with van der Waals surface area (Å²) in [5.41, 5.74) is 7.08. The van der Waals surface area contributed by atoms with Crippen LogP contribution in [0.1, 0.15) is 29.3 Å². The first-order valence-electron chi connectivity index (χ1n) is 10.8. The number of hydrogen-bond donors (Lipinski definition) is 2. The molecule has 3 aliphatic rings. The fourth-order valence-corrected chi connectivity index (χ4v) is 5.04. The van der Waals surface area contributed by atoms with Crippen molar-refractivity contribution >= 4 is 29.1 Å². The van der Waals surface area contributed by atoms with Gasteiger partial charge in [0.15, 0.2) is 5.78 Å². The van der Waals surface area contributed by atoms with Gasteiger partial charge < -0.3 is 20.6 Å². The van der Waals surface area contributed by atoms with Crippen molar-refractivity contribution in [1.29, 1.82) is 0 Å². The second-order valence-corrected chi connectivity index (χ2v) is 8.86. The zero-order chi connectivity index (χ0) is 22.7. The van der Waals surface area contributed by atoms with Crippen LogP contribution in [0.15, 0.2) is 24.3 Å². The van der Waals surface area contributed by atoms with Gasteiger partial charge in [0.05, 0.1) is 11.3 Å². The lowest BCUT2D eigenvalue weighted by molar-refractivity contribution is -0.139. The Morgan fingerprint density at radius 1 is 1.19 bits per heavy atom. The van der Waals surface area contributed by atoms with Gasteiger partial charge in [-0.15, -0.1) is 0 Å². The van der Waals surface area contributed by atoms with E-state index < -0.39 is 29.3 Å². The molecule has 4 atom stereocenters. The van der Waals surface area contributed by atoms with E-state index in [1.807, 2.05) is 6.92 Å². The van der Waals surface area contributed by atoms with Gasteiger partial charge in [0.1, 0.15) is 29.2 Å². The second kappa shape index (κ2) is 7.51. The van der Waals surface area contributed by atoms with Crippen LogP contribution in [0, 0.1) is 29.4 Å². The number of carboxylic acid groups (broad SMARTS) is 1. The minimum atomic E-state index is -1.37. The lowest BCUT2D eigenvalue weighted by atomic mass is 9.91. The summed E-state index contributed by atoms with van der Waals surface area (Å²) in [4.78, 5) is 33.2. The first-order chi connectivity index (χ1) is 15.3. The van der Waals surface area contributed by atoms with E-state index in [2.05, 4.69) is 4.90 Å². The number of Topliss-reactive ketones (excluding diaryl/α,β-unsaturated/α-hetero) is 1. The average Bonchev–Trinajstić information content (AvgIpc) is 3.14. The number of pyridine rings is 1. The van der Waals surface area contributed by atoms with Crippen molar-refractivity contribution in [3.8, 4) is 0 Å². The number of nitrogens with zero attached hydrogens (tertiary/aromatic N) is 3. The molecule has 0 amide bonds. The third-order valence-electron chi connectivity index (χ3n) is 6.84. The Hall–Kier alpha value is -3.07. The molecule has 32 heavy (non-hydrogen) atoms. The standard InChI is InChI=1S/C23H24F2N4O3/c1-2-3-11-6-13-20(30)16(23(31)32)10-29(18-5-4-12(24)7-17(18)25)22(13)27-21(11)28-8-14-15(9-28)19(14)26/h4-7,14-16,19H,2-3,8-10,26H2,1H3,(H,31,32)/t14-,15+,16?,19+. The predicted octanol–water partition coefficient (Wildman–Crippen LogP) is 2.74. The summed E-state index contributed by atoms with van der Waals surface area (Å²) in [5, 5.41) is 9.63. The van der Waals surface area contributed by atoms with Crippen LogP contribution in [-0.4, -0.2) is 47.5 Å². The summed E-state index contributed by atoms with van der Waals surface area (Å²) in [5.74, 6) is -3.02. The number of anilines is 3. The van der Waals surface area contributed by atoms with E-state index in [0.29, 0.717) is 18.3 Å². The number of halogens is 2. The Morgan fingerprint density at radius 2 is 1.91 bits per heavy atom. The van der Waals surface area contributed by atoms with Crippen LogP contribution in [0.5, 0.6) is 0 Å². The summed E-state index contributed by atoms with van der Waals surface area (Å²) in [6.07, 6.45) is 1.49. The van der Waals surface area contributed by atoms with E-state index >= 15 is 0 Å². The topological polar surface area (TPSA) is 99.8 Å². The third kappa shape index (κ3) is 3.23. The van der Waals surface area contributed by atoms with Crippen LogP contribution in [0.4, 0.5) is 26.1 Å². The molecule has 3 N–H and O–H groups in total. The number of aliphatic carboxylic acids is 1. The summed E-state index contributed by atoms with van der Waals surface area (Å²) in [6, 6.07) is 5.00. The van der Waals surface area contributed by atoms with Crippen molar-refractivity contribution in [2.24, 2.45) is 23.5 Å². The molecule has 9 heteroatoms. The maximum Gasteiger partial charge on any atom is 0.316 e. The molecule has 1 aromatic carbocycles. The minimum absolute atomic E-state index is 0.0145. The second-order valence-electron chi connectivity index (χ2n) is 8.86. The number of aryl methyl sites for hydroxylation is 1. The molecular formula is C23H24F2N4O3. The molecule has 1 aromatic heterocycles. The quantitative estimate of drug-likeness (QED) is 0.687. The molecule has 7 nitrogen and oxygen atoms in total. The number of carbonyl (C=O) groups is 2. The number of nitrogens with two attached hydrogens (primary N) is 1. The molecule has 0 bridgehead atoms. The van der Waals surface area contributed by atoms with Crippen LogP contribution in [0.2, 0.25) is 0 Å². The molecule has 1 saturated carbocycles. The van der Waals surface area contributed by atoms with Crippen molar-refractivity contribution in [3.05, 3.63) is 47.0 Å². The molecule has 2 aromatic rings. The van der Waals surface area contributed by atoms with Crippen LogP contribution in [0.25, 0.3) is 0 Å². The van der Waals surface area contributed by atoms with Gasteiger partial charge in [-0.2, -0.15) is 0 Å². The largest absolute Gasteiger partial charge is 0.481 e. The van der Waals surface area contributed by atoms with E-state index in [1.54, 1.807) is 6.07 Å². The number of carbonyl (C=O) groups excluding carboxylic acids is 1. The van der Waals surface area contributed by atoms with Crippen molar-refractivity contribution in [2.45, 2.75) is 25.8 Å². The van der Waals surface area contributed by atoms with Crippen molar-refractivity contribution in [2.75, 3.05) is 29.4 Å². The summed E-state index contributed by atoms with van der Waals surface area (Å²) in [6.45, 7) is 3.28. The van der Waals surface area contributed by atoms with Gasteiger partial charge in [0.2, 0.25) is 0 Å². The Kier molecular flexibility index (Phi) is 4.88. The van der Waals surface area contributed by atoms with Gasteiger partial charge in [-0.3, -0.25) is 9.59 Å². The molecule has 2 fully saturated rings. The summed E-state index contributed by atoms with van der Waals surface area (Å²) < 4.78 is 28.2. The van der Waals surface area contributed by atoms with E-state index in [4.69, 9.17) is 10.7 Å². The molecule has 1 saturated heterocycles. The zero-order valence-electron chi connectivity index (χ0n) is 17.6. The van der Waals surface area contributed by atoms with Gasteiger partial charge in [-0.1, -0.05) is 13.3 Å². The number of aromatic nitrogens is 1. The van der Waals surface area contributed by atoms with Crippen molar-refractivity contribution in [1.82, 2.24) is 4.98 Å². The monoisotopic (exact) mass is 442 g/mol. The number of piperidine rings is 1. The maximum absolute atomic E-state index is 14.7. The fourth-order valence-electron chi connectivity index (χ4n) is 5.04. The van der Waals surface area contributed by atoms with Crippen molar-refractivity contribution in [3.63, 3.8) is 0 Å². The Morgan fingerprint density at radius 3 is 2.53 bits per heavy atom. The highest BCUT2D eigenvalue weighted by atomic mass is 19.1. The number of rotatable bonds is 5. The first kappa shape index (κ1) is 20.8. The summed E-state index contributed by atoms with van der Waals surface area (Å²) >= 11 is 0. The molecule has 1 aliphatic carbocycles. The molecular weight excluding hydrogens is 418 g/mol. The number of benzene rings is 1. The molecule has 168 valence electrons. The molecule has 5 rings (SSSR count). The molecule has 0 spiro atoms. The average molecular weight is 442 g/mol. The zero-order valence-corrected chi connectivity index (χ0v) is 17.6. The van der Waals surface area contributed by atoms with Crippen LogP contribution in [-0.2, 0) is 11.2 Å². The highest BCUT2D eigenvalue weighted by Gasteiger charge is 2.54. The van der Waals surface area contributed by atoms with Gasteiger partial charge in [-0.25, -0.2) is 13.8 Å². The van der Waals surface area contributed by atoms with Gasteiger partial charge >= 0.3 is 5.97 Å². The number of carboxylic acids is 1. The fraction of sp³-hybridized carbons (Fsp3) is 0.435. The van der Waals surface area contributed by atoms with Crippen LogP contribution in [0.3, 0.4) is 0 Å². The summed E-state index contributed by atoms with van der Waals surface area (Å²) in [7, 11) is 0. The first-order valence-corrected chi connectivity index (χ1v) is 10.8.